The molecule has 2 N–H and O–H groups in total. The maximum Gasteiger partial charge on any atom is 0.207 e. The normalized spacial score (nSPS) is 14.3. The summed E-state index contributed by atoms with van der Waals surface area (Å²) in [7, 11) is 0. The molecule has 0 radical (unpaired) electrons. The maximum atomic E-state index is 6.07. The topological polar surface area (TPSA) is 56.7 Å². The number of nitrogen functional groups attached to an aromatic ring is 1. The number of thiazole rings is 1. The zero-order valence-electron chi connectivity index (χ0n) is 11.8. The highest BCUT2D eigenvalue weighted by atomic mass is 32.2. The molecule has 0 amide bonds. The number of anilines is 1. The summed E-state index contributed by atoms with van der Waals surface area (Å²) in [6.07, 6.45) is 5.32. The molecule has 3 aromatic rings. The van der Waals surface area contributed by atoms with Crippen molar-refractivity contribution in [3.8, 4) is 16.4 Å². The fourth-order valence-electron chi connectivity index (χ4n) is 2.38. The number of imidazole rings is 1. The molecule has 1 aliphatic rings. The Hall–Kier alpha value is -2.05. The van der Waals surface area contributed by atoms with E-state index in [4.69, 9.17) is 10.7 Å². The van der Waals surface area contributed by atoms with Crippen LogP contribution < -0.4 is 5.73 Å². The second-order valence-corrected chi connectivity index (χ2v) is 6.91. The van der Waals surface area contributed by atoms with Gasteiger partial charge in [0.15, 0.2) is 5.13 Å². The van der Waals surface area contributed by atoms with Crippen molar-refractivity contribution in [2.45, 2.75) is 6.42 Å². The van der Waals surface area contributed by atoms with Crippen LogP contribution in [0.1, 0.15) is 12.1 Å². The van der Waals surface area contributed by atoms with E-state index in [2.05, 4.69) is 16.4 Å². The Labute approximate surface area is 136 Å². The molecule has 22 heavy (non-hydrogen) atoms. The number of benzene rings is 1. The minimum Gasteiger partial charge on any atom is -0.369 e. The molecule has 0 saturated heterocycles. The summed E-state index contributed by atoms with van der Waals surface area (Å²) >= 11 is 3.45. The summed E-state index contributed by atoms with van der Waals surface area (Å²) in [5.41, 5.74) is 9.03. The average Bonchev–Trinajstić information content (AvgIpc) is 3.28. The number of allylic oxidation sites excluding steroid dienone is 1. The second kappa shape index (κ2) is 5.62. The lowest BCUT2D eigenvalue weighted by Gasteiger charge is -1.98. The Balaban J connectivity index is 1.70. The van der Waals surface area contributed by atoms with Crippen molar-refractivity contribution in [3.05, 3.63) is 53.7 Å². The van der Waals surface area contributed by atoms with E-state index in [-0.39, 0.29) is 0 Å². The zero-order valence-corrected chi connectivity index (χ0v) is 13.4. The van der Waals surface area contributed by atoms with Crippen LogP contribution in [-0.2, 0) is 0 Å². The zero-order chi connectivity index (χ0) is 14.9. The fourth-order valence-corrected chi connectivity index (χ4v) is 4.21. The van der Waals surface area contributed by atoms with Crippen molar-refractivity contribution in [2.75, 3.05) is 11.5 Å². The van der Waals surface area contributed by atoms with Crippen LogP contribution in [0.15, 0.2) is 48.0 Å². The number of rotatable bonds is 3. The van der Waals surface area contributed by atoms with Gasteiger partial charge in [-0.2, -0.15) is 0 Å². The molecular weight excluding hydrogens is 312 g/mol. The summed E-state index contributed by atoms with van der Waals surface area (Å²) in [6, 6.07) is 10.0. The van der Waals surface area contributed by atoms with E-state index < -0.39 is 0 Å². The largest absolute Gasteiger partial charge is 0.369 e. The van der Waals surface area contributed by atoms with E-state index in [1.165, 1.54) is 4.91 Å². The first-order valence-electron chi connectivity index (χ1n) is 7.01. The van der Waals surface area contributed by atoms with Crippen LogP contribution in [0.25, 0.3) is 21.3 Å². The van der Waals surface area contributed by atoms with E-state index in [9.17, 15) is 0 Å². The molecule has 0 bridgehead atoms. The molecule has 4 rings (SSSR count). The summed E-state index contributed by atoms with van der Waals surface area (Å²) in [4.78, 5) is 10.4. The number of thioether (sulfide) groups is 1. The molecule has 0 fully saturated rings. The third-order valence-electron chi connectivity index (χ3n) is 3.46. The van der Waals surface area contributed by atoms with E-state index in [0.29, 0.717) is 5.95 Å². The third kappa shape index (κ3) is 2.44. The van der Waals surface area contributed by atoms with Crippen molar-refractivity contribution >= 4 is 34.0 Å². The number of hydrogen-bond acceptors (Lipinski definition) is 5. The lowest BCUT2D eigenvalue weighted by atomic mass is 10.2. The van der Waals surface area contributed by atoms with Gasteiger partial charge in [0, 0.05) is 27.8 Å². The average molecular weight is 326 g/mol. The first-order valence-corrected chi connectivity index (χ1v) is 8.87. The van der Waals surface area contributed by atoms with Crippen LogP contribution in [0.3, 0.4) is 0 Å². The number of nitrogens with zero attached hydrogens (tertiary/aromatic N) is 3. The van der Waals surface area contributed by atoms with Crippen LogP contribution in [0, 0.1) is 0 Å². The molecule has 6 heteroatoms. The van der Waals surface area contributed by atoms with Crippen LogP contribution in [0.4, 0.5) is 5.95 Å². The van der Waals surface area contributed by atoms with Gasteiger partial charge in [0.05, 0.1) is 11.4 Å². The van der Waals surface area contributed by atoms with Gasteiger partial charge < -0.3 is 5.73 Å². The Morgan fingerprint density at radius 3 is 2.73 bits per heavy atom. The van der Waals surface area contributed by atoms with Gasteiger partial charge in [-0.15, -0.1) is 23.1 Å². The highest BCUT2D eigenvalue weighted by molar-refractivity contribution is 8.08. The SMILES string of the molecule is Nc1nc(-c2ccccc2)cn1-c1nc(C2=CCCS2)cs1. The predicted octanol–water partition coefficient (Wildman–Crippen LogP) is 4.06. The Morgan fingerprint density at radius 2 is 1.95 bits per heavy atom. The third-order valence-corrected chi connectivity index (χ3v) is 5.43. The molecule has 2 aromatic heterocycles. The minimum absolute atomic E-state index is 0.466. The van der Waals surface area contributed by atoms with Crippen molar-refractivity contribution < 1.29 is 0 Å². The number of hydrogen-bond donors (Lipinski definition) is 1. The highest BCUT2D eigenvalue weighted by Gasteiger charge is 2.15. The molecule has 3 heterocycles. The summed E-state index contributed by atoms with van der Waals surface area (Å²) < 4.78 is 1.86. The Morgan fingerprint density at radius 1 is 1.09 bits per heavy atom. The first kappa shape index (κ1) is 13.6. The van der Waals surface area contributed by atoms with E-state index >= 15 is 0 Å². The summed E-state index contributed by atoms with van der Waals surface area (Å²) in [5.74, 6) is 1.61. The van der Waals surface area contributed by atoms with Gasteiger partial charge in [-0.3, -0.25) is 4.57 Å². The van der Waals surface area contributed by atoms with Crippen molar-refractivity contribution in [1.82, 2.24) is 14.5 Å². The predicted molar refractivity (Wildman–Crippen MR) is 94.1 cm³/mol. The van der Waals surface area contributed by atoms with E-state index in [0.717, 1.165) is 34.3 Å². The standard InChI is InChI=1S/C16H14N4S2/c17-15-18-12(11-5-2-1-3-6-11)9-20(15)16-19-13(10-22-16)14-7-4-8-21-14/h1-3,5-7,9-10H,4,8H2,(H2,17,18). The molecule has 0 atom stereocenters. The van der Waals surface area contributed by atoms with Gasteiger partial charge in [0.25, 0.3) is 0 Å². The van der Waals surface area contributed by atoms with Gasteiger partial charge in [-0.1, -0.05) is 36.4 Å². The smallest absolute Gasteiger partial charge is 0.207 e. The first-order chi connectivity index (χ1) is 10.8. The highest BCUT2D eigenvalue weighted by Crippen LogP contribution is 2.35. The molecule has 0 spiro atoms. The Bertz CT molecular complexity index is 833. The maximum absolute atomic E-state index is 6.07. The van der Waals surface area contributed by atoms with Crippen LogP contribution >= 0.6 is 23.1 Å². The molecule has 0 saturated carbocycles. The van der Waals surface area contributed by atoms with Crippen LogP contribution in [0.5, 0.6) is 0 Å². The quantitative estimate of drug-likeness (QED) is 0.788. The molecule has 0 unspecified atom stereocenters. The Kier molecular flexibility index (Phi) is 3.48. The van der Waals surface area contributed by atoms with E-state index in [1.807, 2.05) is 52.9 Å². The molecule has 0 aliphatic carbocycles. The summed E-state index contributed by atoms with van der Waals surface area (Å²) in [6.45, 7) is 0. The minimum atomic E-state index is 0.466. The van der Waals surface area contributed by atoms with Crippen LogP contribution in [-0.4, -0.2) is 20.3 Å². The number of nitrogens with two attached hydrogens (primary N) is 1. The molecule has 1 aromatic carbocycles. The van der Waals surface area contributed by atoms with E-state index in [1.54, 1.807) is 11.3 Å². The van der Waals surface area contributed by atoms with Gasteiger partial charge in [-0.25, -0.2) is 9.97 Å². The number of aromatic nitrogens is 3. The van der Waals surface area contributed by atoms with Crippen molar-refractivity contribution in [1.29, 1.82) is 0 Å². The molecule has 110 valence electrons. The van der Waals surface area contributed by atoms with Crippen LogP contribution in [0.2, 0.25) is 0 Å². The van der Waals surface area contributed by atoms with Gasteiger partial charge in [0.1, 0.15) is 0 Å². The lowest BCUT2D eigenvalue weighted by Crippen LogP contribution is -1.99. The van der Waals surface area contributed by atoms with Gasteiger partial charge in [-0.05, 0) is 6.42 Å². The van der Waals surface area contributed by atoms with Crippen molar-refractivity contribution in [2.24, 2.45) is 0 Å². The lowest BCUT2D eigenvalue weighted by molar-refractivity contribution is 1.04. The summed E-state index contributed by atoms with van der Waals surface area (Å²) in [5, 5.41) is 2.94. The molecule has 4 nitrogen and oxygen atoms in total. The van der Waals surface area contributed by atoms with Gasteiger partial charge >= 0.3 is 0 Å². The van der Waals surface area contributed by atoms with Gasteiger partial charge in [0.2, 0.25) is 5.95 Å². The second-order valence-electron chi connectivity index (χ2n) is 4.94. The fraction of sp³-hybridized carbons (Fsp3) is 0.125. The molecular formula is C16H14N4S2. The molecule has 1 aliphatic heterocycles. The van der Waals surface area contributed by atoms with Crippen molar-refractivity contribution in [3.63, 3.8) is 0 Å². The monoisotopic (exact) mass is 326 g/mol.